The molecular formula is C33H33NO. The van der Waals surface area contributed by atoms with Gasteiger partial charge in [-0.25, -0.2) is 0 Å². The van der Waals surface area contributed by atoms with Crippen LogP contribution >= 0.6 is 0 Å². The van der Waals surface area contributed by atoms with Crippen molar-refractivity contribution >= 4 is 21.9 Å². The fourth-order valence-corrected chi connectivity index (χ4v) is 6.76. The molecule has 0 aliphatic heterocycles. The lowest BCUT2D eigenvalue weighted by molar-refractivity contribution is 0.280. The highest BCUT2D eigenvalue weighted by Gasteiger charge is 2.48. The number of hydrogen-bond donors (Lipinski definition) is 0. The monoisotopic (exact) mass is 459 g/mol. The molecule has 2 aromatic heterocycles. The van der Waals surface area contributed by atoms with Crippen molar-refractivity contribution in [3.63, 3.8) is 0 Å². The molecule has 0 fully saturated rings. The van der Waals surface area contributed by atoms with E-state index in [1.54, 1.807) is 0 Å². The van der Waals surface area contributed by atoms with E-state index >= 15 is 0 Å². The van der Waals surface area contributed by atoms with Gasteiger partial charge in [0.05, 0.1) is 5.69 Å². The second kappa shape index (κ2) is 7.55. The molecule has 176 valence electrons. The van der Waals surface area contributed by atoms with E-state index in [0.29, 0.717) is 11.8 Å². The van der Waals surface area contributed by atoms with E-state index in [-0.39, 0.29) is 5.41 Å². The topological polar surface area (TPSA) is 26.0 Å². The zero-order chi connectivity index (χ0) is 24.6. The zero-order valence-corrected chi connectivity index (χ0v) is 21.8. The smallest absolute Gasteiger partial charge is 0.145 e. The minimum Gasteiger partial charge on any atom is -0.455 e. The molecule has 0 spiro atoms. The second-order valence-electron chi connectivity index (χ2n) is 11.0. The Kier molecular flexibility index (Phi) is 4.77. The minimum absolute atomic E-state index is 0.0343. The van der Waals surface area contributed by atoms with Crippen LogP contribution in [0, 0.1) is 32.6 Å². The fourth-order valence-electron chi connectivity index (χ4n) is 6.76. The average molecular weight is 460 g/mol. The molecule has 0 N–H and O–H groups in total. The van der Waals surface area contributed by atoms with Gasteiger partial charge in [0, 0.05) is 27.9 Å². The van der Waals surface area contributed by atoms with Gasteiger partial charge in [0.1, 0.15) is 11.2 Å². The number of hydrogen-bond acceptors (Lipinski definition) is 2. The van der Waals surface area contributed by atoms with Crippen LogP contribution in [0.3, 0.4) is 0 Å². The van der Waals surface area contributed by atoms with E-state index in [1.807, 2.05) is 6.20 Å². The maximum absolute atomic E-state index is 6.73. The molecule has 0 radical (unpaired) electrons. The van der Waals surface area contributed by atoms with Crippen molar-refractivity contribution < 1.29 is 4.42 Å². The van der Waals surface area contributed by atoms with Crippen LogP contribution < -0.4 is 0 Å². The third-order valence-corrected chi connectivity index (χ3v) is 8.55. The lowest BCUT2D eigenvalue weighted by Crippen LogP contribution is -2.37. The number of benzene rings is 3. The Bertz CT molecular complexity index is 1620. The molecule has 3 aromatic carbocycles. The van der Waals surface area contributed by atoms with Gasteiger partial charge < -0.3 is 4.42 Å². The van der Waals surface area contributed by atoms with Gasteiger partial charge in [-0.2, -0.15) is 0 Å². The molecule has 0 saturated heterocycles. The molecule has 0 atom stereocenters. The van der Waals surface area contributed by atoms with E-state index in [4.69, 9.17) is 9.40 Å². The molecular weight excluding hydrogens is 426 g/mol. The first-order valence-corrected chi connectivity index (χ1v) is 12.8. The third kappa shape index (κ3) is 2.86. The molecule has 0 saturated carbocycles. The summed E-state index contributed by atoms with van der Waals surface area (Å²) in [7, 11) is 0. The summed E-state index contributed by atoms with van der Waals surface area (Å²) < 4.78 is 6.73. The maximum Gasteiger partial charge on any atom is 0.145 e. The number of nitrogens with zero attached hydrogens (tertiary/aromatic N) is 1. The van der Waals surface area contributed by atoms with Crippen LogP contribution in [0.15, 0.2) is 65.2 Å². The quantitative estimate of drug-likeness (QED) is 0.269. The minimum atomic E-state index is -0.0343. The van der Waals surface area contributed by atoms with Gasteiger partial charge in [-0.15, -0.1) is 0 Å². The normalized spacial score (nSPS) is 14.3. The maximum atomic E-state index is 6.73. The standard InChI is InChI=1S/C33H33NO/c1-18(2)33(19(3)4)27-11-9-8-10-23(27)25-15-26-24-13-12-20(5)31(29-14-21(6)22(7)17-34-29)32(24)35-30(26)16-28(25)33/h8-19H,1-7H3. The second-order valence-corrected chi connectivity index (χ2v) is 11.0. The number of aromatic nitrogens is 1. The van der Waals surface area contributed by atoms with Crippen LogP contribution in [0.25, 0.3) is 44.3 Å². The first-order chi connectivity index (χ1) is 16.7. The lowest BCUT2D eigenvalue weighted by Gasteiger charge is -2.40. The average Bonchev–Trinajstić information content (AvgIpc) is 3.32. The Morgan fingerprint density at radius 2 is 1.46 bits per heavy atom. The molecule has 2 nitrogen and oxygen atoms in total. The summed E-state index contributed by atoms with van der Waals surface area (Å²) in [5, 5.41) is 2.34. The first kappa shape index (κ1) is 22.1. The SMILES string of the molecule is Cc1cnc(-c2c(C)ccc3c2oc2cc4c(cc23)-c2ccccc2C4(C(C)C)C(C)C)cc1C. The number of rotatable bonds is 3. The zero-order valence-electron chi connectivity index (χ0n) is 21.8. The summed E-state index contributed by atoms with van der Waals surface area (Å²) in [6, 6.07) is 20.3. The van der Waals surface area contributed by atoms with Crippen molar-refractivity contribution in [2.24, 2.45) is 11.8 Å². The van der Waals surface area contributed by atoms with E-state index < -0.39 is 0 Å². The molecule has 5 aromatic rings. The molecule has 1 aliphatic rings. The van der Waals surface area contributed by atoms with E-state index in [0.717, 1.165) is 27.8 Å². The molecule has 0 unspecified atom stereocenters. The molecule has 6 rings (SSSR count). The van der Waals surface area contributed by atoms with Crippen molar-refractivity contribution in [2.45, 2.75) is 53.9 Å². The van der Waals surface area contributed by atoms with E-state index in [2.05, 4.69) is 103 Å². The largest absolute Gasteiger partial charge is 0.455 e. The van der Waals surface area contributed by atoms with Crippen LogP contribution in [0.2, 0.25) is 0 Å². The summed E-state index contributed by atoms with van der Waals surface area (Å²) in [6.45, 7) is 15.9. The Labute approximate surface area is 208 Å². The highest BCUT2D eigenvalue weighted by Crippen LogP contribution is 2.57. The highest BCUT2D eigenvalue weighted by atomic mass is 16.3. The van der Waals surface area contributed by atoms with E-state index in [9.17, 15) is 0 Å². The highest BCUT2D eigenvalue weighted by molar-refractivity contribution is 6.12. The molecule has 0 amide bonds. The Balaban J connectivity index is 1.70. The van der Waals surface area contributed by atoms with Crippen LogP contribution in [-0.2, 0) is 5.41 Å². The third-order valence-electron chi connectivity index (χ3n) is 8.55. The number of fused-ring (bicyclic) bond motifs is 6. The predicted octanol–water partition coefficient (Wildman–Crippen LogP) is 9.15. The fraction of sp³-hybridized carbons (Fsp3) is 0.303. The summed E-state index contributed by atoms with van der Waals surface area (Å²) in [5.74, 6) is 0.925. The summed E-state index contributed by atoms with van der Waals surface area (Å²) in [6.07, 6.45) is 1.97. The first-order valence-electron chi connectivity index (χ1n) is 12.8. The van der Waals surface area contributed by atoms with Crippen molar-refractivity contribution in [1.82, 2.24) is 4.98 Å². The van der Waals surface area contributed by atoms with E-state index in [1.165, 1.54) is 44.3 Å². The summed E-state index contributed by atoms with van der Waals surface area (Å²) in [5.41, 5.74) is 13.2. The molecule has 35 heavy (non-hydrogen) atoms. The van der Waals surface area contributed by atoms with Crippen molar-refractivity contribution in [1.29, 1.82) is 0 Å². The van der Waals surface area contributed by atoms with Crippen molar-refractivity contribution in [2.75, 3.05) is 0 Å². The Hall–Kier alpha value is -3.39. The van der Waals surface area contributed by atoms with Gasteiger partial charge in [-0.05, 0) is 89.8 Å². The van der Waals surface area contributed by atoms with Crippen LogP contribution in [0.1, 0.15) is 55.5 Å². The van der Waals surface area contributed by atoms with Crippen molar-refractivity contribution in [3.8, 4) is 22.4 Å². The van der Waals surface area contributed by atoms with Crippen LogP contribution in [0.4, 0.5) is 0 Å². The van der Waals surface area contributed by atoms with Gasteiger partial charge in [0.2, 0.25) is 0 Å². The molecule has 2 heterocycles. The van der Waals surface area contributed by atoms with Gasteiger partial charge in [0.25, 0.3) is 0 Å². The van der Waals surface area contributed by atoms with Gasteiger partial charge in [-0.3, -0.25) is 4.98 Å². The van der Waals surface area contributed by atoms with Gasteiger partial charge in [0.15, 0.2) is 0 Å². The number of aryl methyl sites for hydroxylation is 3. The van der Waals surface area contributed by atoms with Gasteiger partial charge in [-0.1, -0.05) is 64.1 Å². The summed E-state index contributed by atoms with van der Waals surface area (Å²) in [4.78, 5) is 4.79. The summed E-state index contributed by atoms with van der Waals surface area (Å²) >= 11 is 0. The Morgan fingerprint density at radius 1 is 0.714 bits per heavy atom. The van der Waals surface area contributed by atoms with Crippen LogP contribution in [-0.4, -0.2) is 4.98 Å². The molecule has 0 bridgehead atoms. The molecule has 1 aliphatic carbocycles. The number of pyridine rings is 1. The predicted molar refractivity (Wildman–Crippen MR) is 147 cm³/mol. The Morgan fingerprint density at radius 3 is 2.17 bits per heavy atom. The lowest BCUT2D eigenvalue weighted by atomic mass is 9.63. The van der Waals surface area contributed by atoms with Gasteiger partial charge >= 0.3 is 0 Å². The van der Waals surface area contributed by atoms with Crippen molar-refractivity contribution in [3.05, 3.63) is 88.6 Å². The molecule has 2 heteroatoms. The number of furan rings is 1. The van der Waals surface area contributed by atoms with Crippen LogP contribution in [0.5, 0.6) is 0 Å².